The summed E-state index contributed by atoms with van der Waals surface area (Å²) < 4.78 is 1.76. The van der Waals surface area contributed by atoms with E-state index in [4.69, 9.17) is 9.82 Å². The molecular formula is C23H27N6OS+. The second-order valence-electron chi connectivity index (χ2n) is 9.48. The third-order valence-electron chi connectivity index (χ3n) is 5.73. The minimum absolute atomic E-state index is 0.00901. The largest absolute Gasteiger partial charge is 0.387 e. The van der Waals surface area contributed by atoms with Gasteiger partial charge in [-0.25, -0.2) is 14.5 Å². The molecule has 7 nitrogen and oxygen atoms in total. The number of thiophene rings is 1. The average Bonchev–Trinajstić information content (AvgIpc) is 3.28. The van der Waals surface area contributed by atoms with Gasteiger partial charge in [-0.15, -0.1) is 16.4 Å². The first kappa shape index (κ1) is 20.1. The highest BCUT2D eigenvalue weighted by molar-refractivity contribution is 7.19. The van der Waals surface area contributed by atoms with Crippen molar-refractivity contribution in [1.82, 2.24) is 19.6 Å². The molecule has 160 valence electrons. The van der Waals surface area contributed by atoms with Crippen molar-refractivity contribution in [3.63, 3.8) is 0 Å². The lowest BCUT2D eigenvalue weighted by Gasteiger charge is -2.38. The summed E-state index contributed by atoms with van der Waals surface area (Å²) in [5.41, 5.74) is 4.18. The lowest BCUT2D eigenvalue weighted by molar-refractivity contribution is -0.789. The van der Waals surface area contributed by atoms with Crippen molar-refractivity contribution in [1.29, 1.82) is 0 Å². The molecule has 1 aromatic carbocycles. The third kappa shape index (κ3) is 3.59. The Labute approximate surface area is 185 Å². The minimum atomic E-state index is 0.00901. The molecule has 0 saturated heterocycles. The highest BCUT2D eigenvalue weighted by Gasteiger charge is 2.43. The van der Waals surface area contributed by atoms with Crippen molar-refractivity contribution in [2.45, 2.75) is 58.7 Å². The van der Waals surface area contributed by atoms with E-state index >= 15 is 0 Å². The molecule has 0 amide bonds. The molecule has 0 aliphatic carbocycles. The fourth-order valence-electron chi connectivity index (χ4n) is 4.72. The molecule has 0 radical (unpaired) electrons. The van der Waals surface area contributed by atoms with Crippen LogP contribution in [0.3, 0.4) is 0 Å². The van der Waals surface area contributed by atoms with Crippen LogP contribution < -0.4 is 5.32 Å². The first-order chi connectivity index (χ1) is 14.7. The number of aromatic nitrogens is 4. The zero-order valence-corrected chi connectivity index (χ0v) is 19.3. The van der Waals surface area contributed by atoms with Crippen LogP contribution in [0.2, 0.25) is 0 Å². The average molecular weight is 436 g/mol. The van der Waals surface area contributed by atoms with Gasteiger partial charge in [0, 0.05) is 6.42 Å². The fraction of sp³-hybridized carbons (Fsp3) is 0.391. The quantitative estimate of drug-likeness (QED) is 0.393. The van der Waals surface area contributed by atoms with Gasteiger partial charge in [0.15, 0.2) is 18.1 Å². The normalized spacial score (nSPS) is 17.8. The van der Waals surface area contributed by atoms with Crippen LogP contribution in [0.5, 0.6) is 0 Å². The Bertz CT molecular complexity index is 1300. The van der Waals surface area contributed by atoms with Gasteiger partial charge >= 0.3 is 0 Å². The Balaban J connectivity index is 1.49. The van der Waals surface area contributed by atoms with Crippen LogP contribution in [0.25, 0.3) is 15.9 Å². The lowest BCUT2D eigenvalue weighted by atomic mass is 9.82. The van der Waals surface area contributed by atoms with Crippen molar-refractivity contribution >= 4 is 32.9 Å². The second kappa shape index (κ2) is 7.10. The Morgan fingerprint density at radius 2 is 2.00 bits per heavy atom. The molecule has 2 N–H and O–H groups in total. The van der Waals surface area contributed by atoms with E-state index < -0.39 is 0 Å². The molecule has 1 aliphatic heterocycles. The Kier molecular flexibility index (Phi) is 4.60. The highest BCUT2D eigenvalue weighted by atomic mass is 32.1. The van der Waals surface area contributed by atoms with Gasteiger partial charge in [0.05, 0.1) is 21.5 Å². The number of hydrogen-bond acceptors (Lipinski definition) is 6. The summed E-state index contributed by atoms with van der Waals surface area (Å²) in [6.45, 7) is 11.3. The summed E-state index contributed by atoms with van der Waals surface area (Å²) >= 11 is 1.77. The standard InChI is InChI=1S/C23H26N6OS/c1-14(15-9-7-6-8-10-15)27-30-12-17-25-20-18-16-11-22(2,3)28-23(4,5)19(16)31-21(18)24-13-29(20)26-17/h6-10,13,28H,11-12H2,1-5H3/p+1/b27-14+. The summed E-state index contributed by atoms with van der Waals surface area (Å²) in [6.07, 6.45) is 2.73. The van der Waals surface area contributed by atoms with Crippen molar-refractivity contribution in [3.05, 3.63) is 58.5 Å². The molecular weight excluding hydrogens is 408 g/mol. The molecule has 0 saturated carbocycles. The third-order valence-corrected chi connectivity index (χ3v) is 7.21. The van der Waals surface area contributed by atoms with Gasteiger partial charge in [-0.2, -0.15) is 0 Å². The van der Waals surface area contributed by atoms with Crippen LogP contribution in [0.15, 0.2) is 41.8 Å². The summed E-state index contributed by atoms with van der Waals surface area (Å²) in [4.78, 5) is 17.5. The molecule has 4 heterocycles. The van der Waals surface area contributed by atoms with E-state index in [9.17, 15) is 0 Å². The maximum atomic E-state index is 5.56. The van der Waals surface area contributed by atoms with Crippen LogP contribution in [-0.2, 0) is 23.4 Å². The van der Waals surface area contributed by atoms with Crippen molar-refractivity contribution in [2.75, 3.05) is 0 Å². The zero-order chi connectivity index (χ0) is 21.8. The molecule has 4 aromatic rings. The highest BCUT2D eigenvalue weighted by Crippen LogP contribution is 2.40. The topological polar surface area (TPSA) is 81.3 Å². The Morgan fingerprint density at radius 3 is 2.77 bits per heavy atom. The van der Waals surface area contributed by atoms with Crippen LogP contribution in [0.1, 0.15) is 56.4 Å². The molecule has 0 fully saturated rings. The number of hydrogen-bond donors (Lipinski definition) is 1. The molecule has 31 heavy (non-hydrogen) atoms. The van der Waals surface area contributed by atoms with E-state index in [1.165, 1.54) is 10.4 Å². The predicted molar refractivity (Wildman–Crippen MR) is 122 cm³/mol. The van der Waals surface area contributed by atoms with E-state index in [0.29, 0.717) is 5.82 Å². The van der Waals surface area contributed by atoms with E-state index in [1.807, 2.05) is 37.3 Å². The van der Waals surface area contributed by atoms with E-state index in [1.54, 1.807) is 22.2 Å². The minimum Gasteiger partial charge on any atom is -0.387 e. The van der Waals surface area contributed by atoms with E-state index in [0.717, 1.165) is 33.6 Å². The smallest absolute Gasteiger partial charge is 0.192 e. The van der Waals surface area contributed by atoms with Crippen LogP contribution in [-0.4, -0.2) is 30.8 Å². The van der Waals surface area contributed by atoms with Gasteiger partial charge in [-0.05, 0) is 45.7 Å². The van der Waals surface area contributed by atoms with Crippen molar-refractivity contribution < 1.29 is 10.2 Å². The van der Waals surface area contributed by atoms with Gasteiger partial charge in [0.25, 0.3) is 0 Å². The second-order valence-corrected chi connectivity index (χ2v) is 10.5. The number of benzene rings is 1. The van der Waals surface area contributed by atoms with Crippen molar-refractivity contribution in [3.8, 4) is 0 Å². The van der Waals surface area contributed by atoms with Crippen LogP contribution >= 0.6 is 11.3 Å². The van der Waals surface area contributed by atoms with E-state index in [-0.39, 0.29) is 17.7 Å². The maximum absolute atomic E-state index is 5.56. The summed E-state index contributed by atoms with van der Waals surface area (Å²) in [5, 5.41) is 12.4. The van der Waals surface area contributed by atoms with Crippen LogP contribution in [0, 0.1) is 0 Å². The van der Waals surface area contributed by atoms with Crippen molar-refractivity contribution in [2.24, 2.45) is 5.16 Å². The van der Waals surface area contributed by atoms with Gasteiger partial charge < -0.3 is 10.2 Å². The van der Waals surface area contributed by atoms with Gasteiger partial charge in [0.2, 0.25) is 0 Å². The van der Waals surface area contributed by atoms with Crippen LogP contribution in [0.4, 0.5) is 0 Å². The first-order valence-electron chi connectivity index (χ1n) is 10.5. The molecule has 0 atom stereocenters. The lowest BCUT2D eigenvalue weighted by Crippen LogP contribution is -3.03. The van der Waals surface area contributed by atoms with Gasteiger partial charge in [-0.1, -0.05) is 35.5 Å². The zero-order valence-electron chi connectivity index (χ0n) is 18.5. The number of rotatable bonds is 4. The van der Waals surface area contributed by atoms with Gasteiger partial charge in [-0.3, -0.25) is 0 Å². The SMILES string of the molecule is C/C(=N\OCc1nc2c3c4c(sc3ncn2n1)C(C)(C)[NH2+]C(C)(C)C4)c1ccccc1. The fourth-order valence-corrected chi connectivity index (χ4v) is 5.95. The molecule has 1 aliphatic rings. The van der Waals surface area contributed by atoms with Gasteiger partial charge in [0.1, 0.15) is 16.7 Å². The first-order valence-corrected chi connectivity index (χ1v) is 11.3. The molecule has 5 rings (SSSR count). The molecule has 0 unspecified atom stereocenters. The monoisotopic (exact) mass is 435 g/mol. The molecule has 8 heteroatoms. The number of quaternary nitrogens is 1. The number of oxime groups is 1. The molecule has 0 bridgehead atoms. The maximum Gasteiger partial charge on any atom is 0.192 e. The summed E-state index contributed by atoms with van der Waals surface area (Å²) in [7, 11) is 0. The molecule has 3 aromatic heterocycles. The Hall–Kier alpha value is -2.84. The summed E-state index contributed by atoms with van der Waals surface area (Å²) in [5.74, 6) is 0.597. The Morgan fingerprint density at radius 1 is 1.23 bits per heavy atom. The molecule has 0 spiro atoms. The predicted octanol–water partition coefficient (Wildman–Crippen LogP) is 3.41. The summed E-state index contributed by atoms with van der Waals surface area (Å²) in [6, 6.07) is 9.97. The number of nitrogens with zero attached hydrogens (tertiary/aromatic N) is 5. The van der Waals surface area contributed by atoms with E-state index in [2.05, 4.69) is 48.3 Å². The number of fused-ring (bicyclic) bond motifs is 5. The number of nitrogens with two attached hydrogens (primary N) is 1.